The van der Waals surface area contributed by atoms with Crippen molar-refractivity contribution in [1.82, 2.24) is 10.2 Å². The largest absolute Gasteiger partial charge is 0.380 e. The lowest BCUT2D eigenvalue weighted by Crippen LogP contribution is -2.41. The van der Waals surface area contributed by atoms with Gasteiger partial charge < -0.3 is 19.7 Å². The second kappa shape index (κ2) is 15.4. The van der Waals surface area contributed by atoms with Crippen molar-refractivity contribution in [2.45, 2.75) is 72.5 Å². The van der Waals surface area contributed by atoms with Crippen LogP contribution < -0.4 is 5.32 Å². The molecule has 2 atom stereocenters. The Morgan fingerprint density at radius 2 is 1.57 bits per heavy atom. The Kier molecular flexibility index (Phi) is 16.8. The highest BCUT2D eigenvalue weighted by atomic mass is 16.5. The van der Waals surface area contributed by atoms with Crippen molar-refractivity contribution >= 4 is 0 Å². The first kappa shape index (κ1) is 25.1. The van der Waals surface area contributed by atoms with Gasteiger partial charge in [-0.25, -0.2) is 0 Å². The third kappa shape index (κ3) is 11.1. The smallest absolute Gasteiger partial charge is 0.0721 e. The van der Waals surface area contributed by atoms with Crippen LogP contribution in [0.2, 0.25) is 0 Å². The van der Waals surface area contributed by atoms with Gasteiger partial charge in [-0.2, -0.15) is 0 Å². The van der Waals surface area contributed by atoms with Gasteiger partial charge >= 0.3 is 0 Å². The minimum absolute atomic E-state index is 0.159. The lowest BCUT2D eigenvalue weighted by atomic mass is 9.94. The standard InChI is InChI=1S/C8H17NO.C7H15NO.2C2H6/c1-8(10-3)4-6-9(2)7-5-8;1-6-3-4-8-5-7(6)9-2;2*1-2/h4-7H2,1-3H3;6-8H,3-5H2,1-2H3;2*1-2H3. The fraction of sp³-hybridized carbons (Fsp3) is 1.00. The summed E-state index contributed by atoms with van der Waals surface area (Å²) in [6.45, 7) is 17.0. The number of methoxy groups -OCH3 is 2. The summed E-state index contributed by atoms with van der Waals surface area (Å²) >= 11 is 0. The van der Waals surface area contributed by atoms with E-state index in [1.807, 2.05) is 34.8 Å². The molecular weight excluding hydrogens is 288 g/mol. The van der Waals surface area contributed by atoms with Gasteiger partial charge in [0.05, 0.1) is 11.7 Å². The molecule has 0 aliphatic carbocycles. The molecule has 2 saturated heterocycles. The molecule has 1 N–H and O–H groups in total. The summed E-state index contributed by atoms with van der Waals surface area (Å²) < 4.78 is 10.6. The van der Waals surface area contributed by atoms with E-state index in [9.17, 15) is 0 Å². The molecule has 2 fully saturated rings. The van der Waals surface area contributed by atoms with Crippen LogP contribution in [0.25, 0.3) is 0 Å². The molecule has 2 unspecified atom stereocenters. The Bertz CT molecular complexity index is 242. The highest BCUT2D eigenvalue weighted by Gasteiger charge is 2.27. The summed E-state index contributed by atoms with van der Waals surface area (Å²) in [5.74, 6) is 0.733. The van der Waals surface area contributed by atoms with Gasteiger partial charge in [-0.3, -0.25) is 0 Å². The van der Waals surface area contributed by atoms with Gasteiger partial charge in [-0.15, -0.1) is 0 Å². The van der Waals surface area contributed by atoms with Crippen molar-refractivity contribution in [3.63, 3.8) is 0 Å². The Balaban J connectivity index is 0. The quantitative estimate of drug-likeness (QED) is 0.834. The molecular formula is C19H44N2O2. The monoisotopic (exact) mass is 332 g/mol. The van der Waals surface area contributed by atoms with Crippen molar-refractivity contribution in [2.24, 2.45) is 5.92 Å². The maximum absolute atomic E-state index is 5.40. The number of hydrogen-bond acceptors (Lipinski definition) is 4. The van der Waals surface area contributed by atoms with E-state index in [1.165, 1.54) is 32.4 Å². The van der Waals surface area contributed by atoms with E-state index in [0.717, 1.165) is 19.0 Å². The Hall–Kier alpha value is -0.160. The number of hydrogen-bond donors (Lipinski definition) is 1. The first-order valence-electron chi connectivity index (χ1n) is 9.48. The summed E-state index contributed by atoms with van der Waals surface area (Å²) in [5, 5.41) is 3.29. The van der Waals surface area contributed by atoms with Gasteiger partial charge in [0.1, 0.15) is 0 Å². The molecule has 4 nitrogen and oxygen atoms in total. The fourth-order valence-electron chi connectivity index (χ4n) is 2.57. The van der Waals surface area contributed by atoms with Gasteiger partial charge in [-0.05, 0) is 45.7 Å². The number of likely N-dealkylation sites (tertiary alicyclic amines) is 1. The van der Waals surface area contributed by atoms with Crippen molar-refractivity contribution in [1.29, 1.82) is 0 Å². The van der Waals surface area contributed by atoms with E-state index >= 15 is 0 Å². The Morgan fingerprint density at radius 1 is 1.04 bits per heavy atom. The highest BCUT2D eigenvalue weighted by molar-refractivity contribution is 4.81. The van der Waals surface area contributed by atoms with Crippen LogP contribution in [0.3, 0.4) is 0 Å². The second-order valence-corrected chi connectivity index (χ2v) is 6.20. The molecule has 23 heavy (non-hydrogen) atoms. The summed E-state index contributed by atoms with van der Waals surface area (Å²) in [6.07, 6.45) is 4.03. The Labute approximate surface area is 146 Å². The first-order chi connectivity index (χ1) is 11.0. The van der Waals surface area contributed by atoms with E-state index in [2.05, 4.69) is 31.1 Å². The summed E-state index contributed by atoms with van der Waals surface area (Å²) in [7, 11) is 5.76. The fourth-order valence-corrected chi connectivity index (χ4v) is 2.57. The molecule has 0 radical (unpaired) electrons. The van der Waals surface area contributed by atoms with Gasteiger partial charge in [0.15, 0.2) is 0 Å². The SMILES string of the molecule is CC.CC.COC1(C)CCN(C)CC1.COC1CNCCC1C. The third-order valence-electron chi connectivity index (χ3n) is 4.60. The molecule has 0 spiro atoms. The number of ether oxygens (including phenoxy) is 2. The molecule has 0 bridgehead atoms. The lowest BCUT2D eigenvalue weighted by Gasteiger charge is -2.36. The van der Waals surface area contributed by atoms with Crippen LogP contribution in [0, 0.1) is 5.92 Å². The highest BCUT2D eigenvalue weighted by Crippen LogP contribution is 2.23. The van der Waals surface area contributed by atoms with E-state index in [4.69, 9.17) is 9.47 Å². The predicted octanol–water partition coefficient (Wildman–Crippen LogP) is 3.80. The van der Waals surface area contributed by atoms with Gasteiger partial charge in [0.2, 0.25) is 0 Å². The molecule has 142 valence electrons. The lowest BCUT2D eigenvalue weighted by molar-refractivity contribution is -0.0382. The van der Waals surface area contributed by atoms with E-state index in [1.54, 1.807) is 7.11 Å². The zero-order valence-electron chi connectivity index (χ0n) is 17.4. The van der Waals surface area contributed by atoms with Gasteiger partial charge in [0.25, 0.3) is 0 Å². The number of piperidine rings is 2. The van der Waals surface area contributed by atoms with Crippen molar-refractivity contribution < 1.29 is 9.47 Å². The van der Waals surface area contributed by atoms with Gasteiger partial charge in [-0.1, -0.05) is 34.6 Å². The molecule has 2 heterocycles. The van der Waals surface area contributed by atoms with Crippen molar-refractivity contribution in [3.05, 3.63) is 0 Å². The predicted molar refractivity (Wildman–Crippen MR) is 102 cm³/mol. The molecule has 4 heteroatoms. The summed E-state index contributed by atoms with van der Waals surface area (Å²) in [5.41, 5.74) is 0.159. The van der Waals surface area contributed by atoms with E-state index in [0.29, 0.717) is 6.10 Å². The van der Waals surface area contributed by atoms with E-state index in [-0.39, 0.29) is 5.60 Å². The minimum atomic E-state index is 0.159. The second-order valence-electron chi connectivity index (χ2n) is 6.20. The van der Waals surface area contributed by atoms with Gasteiger partial charge in [0, 0.05) is 33.9 Å². The summed E-state index contributed by atoms with van der Waals surface area (Å²) in [6, 6.07) is 0. The topological polar surface area (TPSA) is 33.7 Å². The van der Waals surface area contributed by atoms with Crippen LogP contribution in [-0.4, -0.2) is 64.1 Å². The normalized spacial score (nSPS) is 26.5. The number of nitrogens with one attached hydrogen (secondary N) is 1. The molecule has 0 aromatic carbocycles. The molecule has 0 aromatic rings. The van der Waals surface area contributed by atoms with Crippen LogP contribution in [0.15, 0.2) is 0 Å². The first-order valence-corrected chi connectivity index (χ1v) is 9.48. The van der Waals surface area contributed by atoms with E-state index < -0.39 is 0 Å². The van der Waals surface area contributed by atoms with Crippen molar-refractivity contribution in [2.75, 3.05) is 47.4 Å². The Morgan fingerprint density at radius 3 is 1.91 bits per heavy atom. The van der Waals surface area contributed by atoms with Crippen LogP contribution in [-0.2, 0) is 9.47 Å². The average Bonchev–Trinajstić information content (AvgIpc) is 2.62. The maximum Gasteiger partial charge on any atom is 0.0721 e. The molecule has 2 aliphatic heterocycles. The summed E-state index contributed by atoms with van der Waals surface area (Å²) in [4.78, 5) is 2.35. The average molecular weight is 333 g/mol. The maximum atomic E-state index is 5.40. The third-order valence-corrected chi connectivity index (χ3v) is 4.60. The molecule has 0 aromatic heterocycles. The van der Waals surface area contributed by atoms with Crippen molar-refractivity contribution in [3.8, 4) is 0 Å². The van der Waals surface area contributed by atoms with Crippen LogP contribution >= 0.6 is 0 Å². The molecule has 0 amide bonds. The minimum Gasteiger partial charge on any atom is -0.380 e. The van der Waals surface area contributed by atoms with Crippen LogP contribution in [0.5, 0.6) is 0 Å². The molecule has 0 saturated carbocycles. The van der Waals surface area contributed by atoms with Crippen LogP contribution in [0.1, 0.15) is 60.8 Å². The number of rotatable bonds is 2. The van der Waals surface area contributed by atoms with Crippen LogP contribution in [0.4, 0.5) is 0 Å². The zero-order valence-corrected chi connectivity index (χ0v) is 17.4. The molecule has 2 aliphatic rings. The number of nitrogens with zero attached hydrogens (tertiary/aromatic N) is 1. The molecule has 2 rings (SSSR count). The zero-order chi connectivity index (χ0) is 18.3.